The third kappa shape index (κ3) is 5.32. The first kappa shape index (κ1) is 32.0. The van der Waals surface area contributed by atoms with Gasteiger partial charge in [-0.15, -0.1) is 13.2 Å². The number of aliphatic hydroxyl groups is 1. The minimum Gasteiger partial charge on any atom is -0.394 e. The number of unbranched alkanes of at least 4 members (excludes halogenated alkanes) is 1. The van der Waals surface area contributed by atoms with Crippen molar-refractivity contribution in [2.24, 2.45) is 17.8 Å². The molecular weight excluding hydrogens is 530 g/mol. The van der Waals surface area contributed by atoms with Crippen LogP contribution in [0.25, 0.3) is 0 Å². The van der Waals surface area contributed by atoms with Crippen molar-refractivity contribution in [3.8, 4) is 0 Å². The Bertz CT molecular complexity index is 1160. The molecule has 1 spiro atoms. The largest absolute Gasteiger partial charge is 0.394 e. The number of rotatable bonds is 15. The average molecular weight is 580 g/mol. The summed E-state index contributed by atoms with van der Waals surface area (Å²) in [6, 6.07) is 8.09. The van der Waals surface area contributed by atoms with Crippen LogP contribution in [-0.2, 0) is 25.5 Å². The third-order valence-electron chi connectivity index (χ3n) is 9.77. The summed E-state index contributed by atoms with van der Waals surface area (Å²) in [6.45, 7) is 17.3. The van der Waals surface area contributed by atoms with Crippen LogP contribution < -0.4 is 0 Å². The number of aliphatic hydroxyl groups excluding tert-OH is 1. The normalized spacial score (nSPS) is 30.2. The molecule has 0 radical (unpaired) electrons. The van der Waals surface area contributed by atoms with Crippen LogP contribution in [0.2, 0.25) is 0 Å². The molecule has 3 fully saturated rings. The lowest BCUT2D eigenvalue weighted by Gasteiger charge is -2.39. The predicted octanol–water partition coefficient (Wildman–Crippen LogP) is 3.84. The molecule has 1 aromatic rings. The highest BCUT2D eigenvalue weighted by atomic mass is 16.5. The first-order chi connectivity index (χ1) is 20.1. The predicted molar refractivity (Wildman–Crippen MR) is 163 cm³/mol. The Balaban J connectivity index is 1.85. The van der Waals surface area contributed by atoms with Gasteiger partial charge in [-0.25, -0.2) is 0 Å². The van der Waals surface area contributed by atoms with E-state index in [1.54, 1.807) is 26.9 Å². The number of carbonyl (C=O) groups excluding carboxylic acids is 3. The van der Waals surface area contributed by atoms with Gasteiger partial charge in [-0.05, 0) is 44.1 Å². The van der Waals surface area contributed by atoms with Crippen LogP contribution >= 0.6 is 0 Å². The monoisotopic (exact) mass is 579 g/mol. The Morgan fingerprint density at radius 2 is 1.74 bits per heavy atom. The standard InChI is InChI=1S/C34H49N3O5/c1-7-11-20-36(19-10-4)32(41)29-34-22-24(5)33(6,42-34)27(30(39)35(17-8-2)18-9-3)28(34)31(40)37(29)26(23-38)21-25-15-13-12-14-16-25/h8,10,12-16,24,26-29,38H,2,4,7,9,11,17-23H2,1,3,5-6H3/t24?,26-,27-,28+,29?,33+,34?/m1/s1. The highest BCUT2D eigenvalue weighted by molar-refractivity contribution is 5.99. The van der Waals surface area contributed by atoms with Crippen LogP contribution in [0, 0.1) is 17.8 Å². The molecule has 3 aliphatic rings. The first-order valence-corrected chi connectivity index (χ1v) is 15.6. The molecule has 3 heterocycles. The second-order valence-electron chi connectivity index (χ2n) is 12.5. The molecule has 3 aliphatic heterocycles. The van der Waals surface area contributed by atoms with E-state index in [2.05, 4.69) is 27.0 Å². The number of nitrogens with zero attached hydrogens (tertiary/aromatic N) is 3. The lowest BCUT2D eigenvalue weighted by molar-refractivity contribution is -0.157. The summed E-state index contributed by atoms with van der Waals surface area (Å²) in [7, 11) is 0. The molecule has 0 aromatic heterocycles. The maximum absolute atomic E-state index is 14.7. The van der Waals surface area contributed by atoms with Gasteiger partial charge in [0.25, 0.3) is 0 Å². The van der Waals surface area contributed by atoms with Gasteiger partial charge in [0.2, 0.25) is 17.7 Å². The Morgan fingerprint density at radius 3 is 2.31 bits per heavy atom. The molecule has 42 heavy (non-hydrogen) atoms. The van der Waals surface area contributed by atoms with Gasteiger partial charge in [-0.3, -0.25) is 14.4 Å². The van der Waals surface area contributed by atoms with Crippen LogP contribution in [0.4, 0.5) is 0 Å². The molecule has 8 heteroatoms. The van der Waals surface area contributed by atoms with E-state index in [9.17, 15) is 19.5 Å². The number of benzene rings is 1. The van der Waals surface area contributed by atoms with E-state index in [0.717, 1.165) is 24.8 Å². The minimum atomic E-state index is -1.16. The molecule has 4 rings (SSSR count). The molecule has 8 nitrogen and oxygen atoms in total. The third-order valence-corrected chi connectivity index (χ3v) is 9.77. The van der Waals surface area contributed by atoms with Crippen molar-refractivity contribution in [1.82, 2.24) is 14.7 Å². The summed E-state index contributed by atoms with van der Waals surface area (Å²) >= 11 is 0. The van der Waals surface area contributed by atoms with Crippen molar-refractivity contribution in [1.29, 1.82) is 0 Å². The maximum Gasteiger partial charge on any atom is 0.248 e. The molecule has 3 amide bonds. The summed E-state index contributed by atoms with van der Waals surface area (Å²) in [5, 5.41) is 10.7. The molecule has 1 aromatic carbocycles. The van der Waals surface area contributed by atoms with E-state index in [4.69, 9.17) is 4.74 Å². The van der Waals surface area contributed by atoms with E-state index in [1.807, 2.05) is 44.2 Å². The van der Waals surface area contributed by atoms with Gasteiger partial charge >= 0.3 is 0 Å². The lowest BCUT2D eigenvalue weighted by Crippen LogP contribution is -2.59. The van der Waals surface area contributed by atoms with E-state index in [1.165, 1.54) is 0 Å². The van der Waals surface area contributed by atoms with Gasteiger partial charge < -0.3 is 24.5 Å². The molecule has 3 unspecified atom stereocenters. The van der Waals surface area contributed by atoms with Crippen molar-refractivity contribution in [2.75, 3.05) is 32.8 Å². The summed E-state index contributed by atoms with van der Waals surface area (Å²) in [5.74, 6) is -2.21. The Hall–Kier alpha value is -2.97. The minimum absolute atomic E-state index is 0.0526. The van der Waals surface area contributed by atoms with Crippen LogP contribution in [0.15, 0.2) is 55.6 Å². The number of ether oxygens (including phenoxy) is 1. The van der Waals surface area contributed by atoms with E-state index < -0.39 is 35.1 Å². The number of hydrogen-bond acceptors (Lipinski definition) is 5. The smallest absolute Gasteiger partial charge is 0.248 e. The molecule has 1 N–H and O–H groups in total. The highest BCUT2D eigenvalue weighted by Gasteiger charge is 2.80. The highest BCUT2D eigenvalue weighted by Crippen LogP contribution is 2.65. The fraction of sp³-hybridized carbons (Fsp3) is 0.618. The van der Waals surface area contributed by atoms with Gasteiger partial charge in [0.15, 0.2) is 0 Å². The van der Waals surface area contributed by atoms with Crippen molar-refractivity contribution in [3.05, 3.63) is 61.2 Å². The fourth-order valence-electron chi connectivity index (χ4n) is 7.75. The summed E-state index contributed by atoms with van der Waals surface area (Å²) in [4.78, 5) is 48.8. The van der Waals surface area contributed by atoms with E-state index in [0.29, 0.717) is 39.0 Å². The van der Waals surface area contributed by atoms with Gasteiger partial charge in [-0.2, -0.15) is 0 Å². The van der Waals surface area contributed by atoms with Gasteiger partial charge in [-0.1, -0.05) is 69.7 Å². The topological polar surface area (TPSA) is 90.4 Å². The van der Waals surface area contributed by atoms with Crippen LogP contribution in [0.1, 0.15) is 58.9 Å². The van der Waals surface area contributed by atoms with Crippen LogP contribution in [-0.4, -0.2) is 93.6 Å². The number of fused-ring (bicyclic) bond motifs is 1. The molecule has 0 aliphatic carbocycles. The van der Waals surface area contributed by atoms with Crippen LogP contribution in [0.5, 0.6) is 0 Å². The summed E-state index contributed by atoms with van der Waals surface area (Å²) < 4.78 is 6.95. The number of hydrogen-bond donors (Lipinski definition) is 1. The molecule has 230 valence electrons. The second-order valence-corrected chi connectivity index (χ2v) is 12.5. The Morgan fingerprint density at radius 1 is 1.10 bits per heavy atom. The zero-order valence-corrected chi connectivity index (χ0v) is 25.8. The Labute approximate surface area is 251 Å². The zero-order chi connectivity index (χ0) is 30.7. The number of amides is 3. The quantitative estimate of drug-likeness (QED) is 0.319. The van der Waals surface area contributed by atoms with Gasteiger partial charge in [0.05, 0.1) is 30.1 Å². The molecule has 2 bridgehead atoms. The maximum atomic E-state index is 14.7. The van der Waals surface area contributed by atoms with Crippen molar-refractivity contribution >= 4 is 17.7 Å². The SMILES string of the molecule is C=CCN(CCCC)C(=O)C1N([C@@H](CO)Cc2ccccc2)C(=O)[C@@H]2[C@H](C(=O)N(CC=C)CCC)[C@@]3(C)OC12CC3C. The van der Waals surface area contributed by atoms with E-state index >= 15 is 0 Å². The molecular formula is C34H49N3O5. The fourth-order valence-corrected chi connectivity index (χ4v) is 7.75. The lowest BCUT2D eigenvalue weighted by atomic mass is 9.62. The van der Waals surface area contributed by atoms with Crippen molar-refractivity contribution in [2.45, 2.75) is 83.1 Å². The van der Waals surface area contributed by atoms with Crippen molar-refractivity contribution in [3.63, 3.8) is 0 Å². The van der Waals surface area contributed by atoms with Crippen LogP contribution in [0.3, 0.4) is 0 Å². The zero-order valence-electron chi connectivity index (χ0n) is 25.8. The first-order valence-electron chi connectivity index (χ1n) is 15.6. The molecule has 7 atom stereocenters. The van der Waals surface area contributed by atoms with Gasteiger partial charge in [0.1, 0.15) is 11.6 Å². The van der Waals surface area contributed by atoms with Crippen molar-refractivity contribution < 1.29 is 24.2 Å². The summed E-state index contributed by atoms with van der Waals surface area (Å²) in [5.41, 5.74) is -1.10. The van der Waals surface area contributed by atoms with E-state index in [-0.39, 0.29) is 30.2 Å². The average Bonchev–Trinajstić information content (AvgIpc) is 3.50. The second kappa shape index (κ2) is 13.1. The van der Waals surface area contributed by atoms with Gasteiger partial charge in [0, 0.05) is 26.2 Å². The summed E-state index contributed by atoms with van der Waals surface area (Å²) in [6.07, 6.45) is 6.79. The number of carbonyl (C=O) groups is 3. The molecule has 3 saturated heterocycles. The Kier molecular flexibility index (Phi) is 9.99. The number of likely N-dealkylation sites (tertiary alicyclic amines) is 1. The molecule has 0 saturated carbocycles.